The van der Waals surface area contributed by atoms with Crippen LogP contribution in [0.2, 0.25) is 0 Å². The minimum atomic E-state index is -0.325. The third kappa shape index (κ3) is 3.02. The Bertz CT molecular complexity index is 924. The van der Waals surface area contributed by atoms with Crippen molar-refractivity contribution < 1.29 is 19.1 Å². The monoisotopic (exact) mass is 384 g/mol. The van der Waals surface area contributed by atoms with Crippen molar-refractivity contribution in [2.75, 3.05) is 20.2 Å². The fourth-order valence-electron chi connectivity index (χ4n) is 4.60. The molecule has 2 aliphatic heterocycles. The molecule has 2 saturated heterocycles. The zero-order valence-electron chi connectivity index (χ0n) is 16.1. The molecule has 8 nitrogen and oxygen atoms in total. The first-order valence-corrected chi connectivity index (χ1v) is 9.60. The summed E-state index contributed by atoms with van der Waals surface area (Å²) in [5.41, 5.74) is 0.887. The second-order valence-corrected chi connectivity index (χ2v) is 7.43. The van der Waals surface area contributed by atoms with Crippen LogP contribution >= 0.6 is 0 Å². The Morgan fingerprint density at radius 2 is 2.07 bits per heavy atom. The zero-order valence-corrected chi connectivity index (χ0v) is 16.1. The van der Waals surface area contributed by atoms with Crippen LogP contribution in [0.4, 0.5) is 0 Å². The molecule has 148 valence electrons. The Hall–Kier alpha value is -2.90. The van der Waals surface area contributed by atoms with Gasteiger partial charge >= 0.3 is 5.97 Å². The molecule has 8 heteroatoms. The van der Waals surface area contributed by atoms with Gasteiger partial charge in [0.2, 0.25) is 11.8 Å². The first-order valence-electron chi connectivity index (χ1n) is 9.60. The van der Waals surface area contributed by atoms with Crippen molar-refractivity contribution in [1.29, 1.82) is 0 Å². The van der Waals surface area contributed by atoms with Gasteiger partial charge in [0.15, 0.2) is 0 Å². The van der Waals surface area contributed by atoms with Crippen LogP contribution in [-0.2, 0) is 25.7 Å². The van der Waals surface area contributed by atoms with Gasteiger partial charge in [-0.2, -0.15) is 5.10 Å². The lowest BCUT2D eigenvalue weighted by molar-refractivity contribution is -0.151. The summed E-state index contributed by atoms with van der Waals surface area (Å²) in [4.78, 5) is 41.2. The largest absolute Gasteiger partial charge is 0.469 e. The van der Waals surface area contributed by atoms with Crippen LogP contribution in [0, 0.1) is 5.92 Å². The summed E-state index contributed by atoms with van der Waals surface area (Å²) < 4.78 is 6.59. The number of ether oxygens (including phenoxy) is 1. The molecule has 0 saturated carbocycles. The third-order valence-electron chi connectivity index (χ3n) is 5.90. The highest BCUT2D eigenvalue weighted by atomic mass is 16.5. The molecule has 0 unspecified atom stereocenters. The summed E-state index contributed by atoms with van der Waals surface area (Å²) >= 11 is 0. The quantitative estimate of drug-likeness (QED) is 0.736. The summed E-state index contributed by atoms with van der Waals surface area (Å²) in [6.45, 7) is 2.54. The van der Waals surface area contributed by atoms with E-state index >= 15 is 0 Å². The number of aromatic nitrogens is 2. The molecule has 0 bridgehead atoms. The number of carbonyl (C=O) groups is 3. The number of rotatable bonds is 4. The van der Waals surface area contributed by atoms with Gasteiger partial charge in [-0.15, -0.1) is 0 Å². The molecular weight excluding hydrogens is 360 g/mol. The third-order valence-corrected chi connectivity index (χ3v) is 5.90. The van der Waals surface area contributed by atoms with Gasteiger partial charge in [0.05, 0.1) is 37.3 Å². The summed E-state index contributed by atoms with van der Waals surface area (Å²) in [5, 5.41) is 5.27. The standard InChI is InChI=1S/C20H24N4O4/c1-3-16-15(20(27)28-2)8-14-10-22(11-19(26)24(14)16)18(25)12-23-17-7-5-4-6-13(17)9-21-23/h4-7,9,14-16H,3,8,10-12H2,1-2H3/t14-,15-,16-/m0/s1. The van der Waals surface area contributed by atoms with Crippen molar-refractivity contribution in [3.05, 3.63) is 30.5 Å². The van der Waals surface area contributed by atoms with Crippen LogP contribution < -0.4 is 0 Å². The van der Waals surface area contributed by atoms with Crippen molar-refractivity contribution in [2.45, 2.75) is 38.4 Å². The minimum absolute atomic E-state index is 0.0406. The van der Waals surface area contributed by atoms with E-state index in [9.17, 15) is 14.4 Å². The number of para-hydroxylation sites is 1. The topological polar surface area (TPSA) is 84.7 Å². The predicted octanol–water partition coefficient (Wildman–Crippen LogP) is 1.05. The van der Waals surface area contributed by atoms with E-state index in [1.807, 2.05) is 31.2 Å². The second kappa shape index (κ2) is 7.26. The Morgan fingerprint density at radius 3 is 2.82 bits per heavy atom. The van der Waals surface area contributed by atoms with Gasteiger partial charge in [-0.1, -0.05) is 25.1 Å². The summed E-state index contributed by atoms with van der Waals surface area (Å²) in [6.07, 6.45) is 2.95. The number of methoxy groups -OCH3 is 1. The molecule has 28 heavy (non-hydrogen) atoms. The van der Waals surface area contributed by atoms with Crippen LogP contribution in [0.15, 0.2) is 30.5 Å². The van der Waals surface area contributed by atoms with E-state index in [1.165, 1.54) is 7.11 Å². The lowest BCUT2D eigenvalue weighted by Crippen LogP contribution is -2.58. The highest BCUT2D eigenvalue weighted by Crippen LogP contribution is 2.35. The highest BCUT2D eigenvalue weighted by Gasteiger charge is 2.49. The Kier molecular flexibility index (Phi) is 4.78. The smallest absolute Gasteiger partial charge is 0.310 e. The van der Waals surface area contributed by atoms with Gasteiger partial charge in [0.1, 0.15) is 6.54 Å². The maximum absolute atomic E-state index is 12.9. The molecule has 0 spiro atoms. The van der Waals surface area contributed by atoms with E-state index in [1.54, 1.807) is 20.7 Å². The molecule has 2 aliphatic rings. The number of piperazine rings is 1. The average molecular weight is 384 g/mol. The Balaban J connectivity index is 1.50. The normalized spacial score (nSPS) is 24.5. The molecule has 2 amide bonds. The molecule has 2 fully saturated rings. The van der Waals surface area contributed by atoms with Crippen molar-refractivity contribution in [3.8, 4) is 0 Å². The van der Waals surface area contributed by atoms with E-state index < -0.39 is 0 Å². The number of hydrogen-bond donors (Lipinski definition) is 0. The molecule has 4 rings (SSSR count). The molecule has 0 radical (unpaired) electrons. The minimum Gasteiger partial charge on any atom is -0.469 e. The van der Waals surface area contributed by atoms with E-state index in [2.05, 4.69) is 5.10 Å². The van der Waals surface area contributed by atoms with Gasteiger partial charge in [-0.25, -0.2) is 0 Å². The lowest BCUT2D eigenvalue weighted by atomic mass is 9.97. The van der Waals surface area contributed by atoms with E-state index in [0.717, 1.165) is 10.9 Å². The van der Waals surface area contributed by atoms with Gasteiger partial charge in [-0.05, 0) is 18.9 Å². The lowest BCUT2D eigenvalue weighted by Gasteiger charge is -2.39. The summed E-state index contributed by atoms with van der Waals surface area (Å²) in [6, 6.07) is 7.40. The van der Waals surface area contributed by atoms with Crippen molar-refractivity contribution in [1.82, 2.24) is 19.6 Å². The second-order valence-electron chi connectivity index (χ2n) is 7.43. The van der Waals surface area contributed by atoms with Crippen LogP contribution in [0.5, 0.6) is 0 Å². The molecular formula is C20H24N4O4. The predicted molar refractivity (Wildman–Crippen MR) is 101 cm³/mol. The number of benzene rings is 1. The van der Waals surface area contributed by atoms with Gasteiger partial charge in [0.25, 0.3) is 0 Å². The molecule has 0 N–H and O–H groups in total. The fourth-order valence-corrected chi connectivity index (χ4v) is 4.60. The van der Waals surface area contributed by atoms with E-state index in [4.69, 9.17) is 4.74 Å². The van der Waals surface area contributed by atoms with Crippen LogP contribution in [0.25, 0.3) is 10.9 Å². The van der Waals surface area contributed by atoms with Crippen molar-refractivity contribution >= 4 is 28.7 Å². The zero-order chi connectivity index (χ0) is 19.8. The first-order chi connectivity index (χ1) is 13.5. The first kappa shape index (κ1) is 18.5. The SMILES string of the molecule is CC[C@H]1[C@@H](C(=O)OC)C[C@H]2CN(C(=O)Cn3ncc4ccccc43)CC(=O)N21. The van der Waals surface area contributed by atoms with Crippen molar-refractivity contribution in [3.63, 3.8) is 0 Å². The molecule has 3 atom stereocenters. The van der Waals surface area contributed by atoms with Crippen LogP contribution in [-0.4, -0.2) is 69.6 Å². The number of carbonyl (C=O) groups excluding carboxylic acids is 3. The summed E-state index contributed by atoms with van der Waals surface area (Å²) in [7, 11) is 1.37. The van der Waals surface area contributed by atoms with Crippen molar-refractivity contribution in [2.24, 2.45) is 5.92 Å². The average Bonchev–Trinajstić information content (AvgIpc) is 3.29. The number of hydrogen-bond acceptors (Lipinski definition) is 5. The molecule has 1 aromatic heterocycles. The van der Waals surface area contributed by atoms with Crippen LogP contribution in [0.3, 0.4) is 0 Å². The van der Waals surface area contributed by atoms with Gasteiger partial charge in [0, 0.05) is 18.0 Å². The number of amides is 2. The molecule has 2 aromatic rings. The number of nitrogens with zero attached hydrogens (tertiary/aromatic N) is 4. The van der Waals surface area contributed by atoms with Gasteiger partial charge in [-0.3, -0.25) is 19.1 Å². The van der Waals surface area contributed by atoms with Gasteiger partial charge < -0.3 is 14.5 Å². The Morgan fingerprint density at radius 1 is 1.29 bits per heavy atom. The molecule has 1 aromatic carbocycles. The maximum atomic E-state index is 12.9. The summed E-state index contributed by atoms with van der Waals surface area (Å²) in [5.74, 6) is -0.853. The maximum Gasteiger partial charge on any atom is 0.310 e. The van der Waals surface area contributed by atoms with Crippen LogP contribution in [0.1, 0.15) is 19.8 Å². The fraction of sp³-hybridized carbons (Fsp3) is 0.500. The Labute approximate surface area is 163 Å². The van der Waals surface area contributed by atoms with E-state index in [0.29, 0.717) is 19.4 Å². The number of fused-ring (bicyclic) bond motifs is 2. The highest BCUT2D eigenvalue weighted by molar-refractivity contribution is 5.88. The number of esters is 1. The molecule has 0 aliphatic carbocycles. The van der Waals surface area contributed by atoms with E-state index in [-0.39, 0.29) is 48.9 Å². The molecule has 3 heterocycles.